The minimum Gasteiger partial charge on any atom is -0.487 e. The van der Waals surface area contributed by atoms with E-state index in [9.17, 15) is 27.9 Å². The van der Waals surface area contributed by atoms with Crippen molar-refractivity contribution in [2.24, 2.45) is 0 Å². The lowest BCUT2D eigenvalue weighted by molar-refractivity contribution is -0.136. The number of ether oxygens (including phenoxy) is 1. The lowest BCUT2D eigenvalue weighted by Crippen LogP contribution is -2.35. The first-order chi connectivity index (χ1) is 16.8. The summed E-state index contributed by atoms with van der Waals surface area (Å²) in [6.07, 6.45) is -4.00. The van der Waals surface area contributed by atoms with Gasteiger partial charge in [0.2, 0.25) is 0 Å². The van der Waals surface area contributed by atoms with E-state index < -0.39 is 30.9 Å². The van der Waals surface area contributed by atoms with E-state index in [4.69, 9.17) is 9.84 Å². The number of nitrogens with zero attached hydrogens (tertiary/aromatic N) is 1. The first-order valence-electron chi connectivity index (χ1n) is 10.8. The molecule has 0 fully saturated rings. The highest BCUT2D eigenvalue weighted by Crippen LogP contribution is 2.38. The number of hydrogen-bond donors (Lipinski definition) is 2. The molecular weight excluding hydrogens is 463 g/mol. The van der Waals surface area contributed by atoms with E-state index in [0.717, 1.165) is 4.90 Å². The van der Waals surface area contributed by atoms with E-state index >= 15 is 0 Å². The van der Waals surface area contributed by atoms with Gasteiger partial charge in [-0.05, 0) is 46.9 Å². The first kappa shape index (κ1) is 25.6. The molecule has 0 saturated heterocycles. The number of carboxylic acids is 1. The molecule has 0 aliphatic carbocycles. The Balaban J connectivity index is 0.000000497. The quantitative estimate of drug-likeness (QED) is 0.480. The molecule has 9 heteroatoms. The van der Waals surface area contributed by atoms with E-state index in [1.54, 1.807) is 0 Å². The maximum absolute atomic E-state index is 14.3. The van der Waals surface area contributed by atoms with Crippen LogP contribution in [0, 0.1) is 5.82 Å². The standard InChI is InChI=1S/C20H18F3NO5.C6H6/c21-16-3-2-12(15-9-24(20(27)28)6-5-13(15)16)14-7-11(8-19(25)26)1-4-17(14)29-10-18(22)23;1-2-4-6-5-3-1/h1-4,7,18H,5-6,8-10H2,(H,25,26)(H,27,28);1-6H. The van der Waals surface area contributed by atoms with E-state index in [-0.39, 0.29) is 31.7 Å². The zero-order valence-electron chi connectivity index (χ0n) is 18.7. The van der Waals surface area contributed by atoms with Crippen molar-refractivity contribution in [3.63, 3.8) is 0 Å². The molecule has 35 heavy (non-hydrogen) atoms. The maximum Gasteiger partial charge on any atom is 0.407 e. The van der Waals surface area contributed by atoms with Crippen molar-refractivity contribution >= 4 is 12.1 Å². The summed E-state index contributed by atoms with van der Waals surface area (Å²) in [5.74, 6) is -1.47. The number of aliphatic carboxylic acids is 1. The fourth-order valence-electron chi connectivity index (χ4n) is 3.78. The lowest BCUT2D eigenvalue weighted by Gasteiger charge is -2.29. The van der Waals surface area contributed by atoms with Gasteiger partial charge in [-0.1, -0.05) is 48.5 Å². The summed E-state index contributed by atoms with van der Waals surface area (Å²) in [4.78, 5) is 23.6. The van der Waals surface area contributed by atoms with E-state index in [1.165, 1.54) is 30.3 Å². The van der Waals surface area contributed by atoms with Crippen LogP contribution in [-0.4, -0.2) is 46.8 Å². The fraction of sp³-hybridized carbons (Fsp3) is 0.231. The number of benzene rings is 3. The molecule has 184 valence electrons. The third-order valence-electron chi connectivity index (χ3n) is 5.35. The molecule has 1 aliphatic heterocycles. The number of hydrogen-bond acceptors (Lipinski definition) is 3. The van der Waals surface area contributed by atoms with Gasteiger partial charge in [-0.15, -0.1) is 0 Å². The fourth-order valence-corrected chi connectivity index (χ4v) is 3.78. The molecular formula is C26H24F3NO5. The van der Waals surface area contributed by atoms with Crippen LogP contribution in [-0.2, 0) is 24.2 Å². The zero-order chi connectivity index (χ0) is 25.4. The molecule has 3 aromatic rings. The van der Waals surface area contributed by atoms with E-state index in [1.807, 2.05) is 36.4 Å². The van der Waals surface area contributed by atoms with Crippen molar-refractivity contribution in [3.05, 3.63) is 89.2 Å². The molecule has 4 rings (SSSR count). The van der Waals surface area contributed by atoms with Gasteiger partial charge in [0, 0.05) is 18.7 Å². The normalized spacial score (nSPS) is 12.4. The van der Waals surface area contributed by atoms with Gasteiger partial charge < -0.3 is 19.8 Å². The molecule has 6 nitrogen and oxygen atoms in total. The second-order valence-corrected chi connectivity index (χ2v) is 7.76. The highest BCUT2D eigenvalue weighted by molar-refractivity contribution is 5.78. The topological polar surface area (TPSA) is 87.1 Å². The van der Waals surface area contributed by atoms with Gasteiger partial charge in [-0.2, -0.15) is 0 Å². The Labute approximate surface area is 200 Å². The highest BCUT2D eigenvalue weighted by atomic mass is 19.3. The van der Waals surface area contributed by atoms with Gasteiger partial charge in [0.25, 0.3) is 6.43 Å². The van der Waals surface area contributed by atoms with Crippen LogP contribution in [0.4, 0.5) is 18.0 Å². The van der Waals surface area contributed by atoms with Gasteiger partial charge in [-0.3, -0.25) is 4.79 Å². The number of rotatable bonds is 6. The second kappa shape index (κ2) is 11.9. The number of amides is 1. The minimum atomic E-state index is -2.72. The lowest BCUT2D eigenvalue weighted by atomic mass is 9.89. The third-order valence-corrected chi connectivity index (χ3v) is 5.35. The van der Waals surface area contributed by atoms with Gasteiger partial charge in [0.1, 0.15) is 18.2 Å². The van der Waals surface area contributed by atoms with Gasteiger partial charge in [0.15, 0.2) is 0 Å². The SMILES string of the molecule is O=C(O)Cc1ccc(OCC(F)F)c(-c2ccc(F)c3c2CN(C(=O)O)CC3)c1.c1ccccc1. The Hall–Kier alpha value is -4.01. The van der Waals surface area contributed by atoms with E-state index in [0.29, 0.717) is 27.8 Å². The molecule has 2 N–H and O–H groups in total. The number of fused-ring (bicyclic) bond motifs is 1. The van der Waals surface area contributed by atoms with Crippen LogP contribution >= 0.6 is 0 Å². The van der Waals surface area contributed by atoms with Crippen molar-refractivity contribution in [1.29, 1.82) is 0 Å². The Morgan fingerprint density at radius 1 is 0.943 bits per heavy atom. The average molecular weight is 487 g/mol. The average Bonchev–Trinajstić information content (AvgIpc) is 2.84. The predicted molar refractivity (Wildman–Crippen MR) is 123 cm³/mol. The molecule has 1 amide bonds. The van der Waals surface area contributed by atoms with Crippen molar-refractivity contribution in [2.45, 2.75) is 25.8 Å². The molecule has 3 aromatic carbocycles. The summed E-state index contributed by atoms with van der Waals surface area (Å²) in [6.45, 7) is -0.804. The van der Waals surface area contributed by atoms with Crippen LogP contribution in [0.15, 0.2) is 66.7 Å². The Kier molecular flexibility index (Phi) is 8.72. The summed E-state index contributed by atoms with van der Waals surface area (Å²) < 4.78 is 44.8. The monoisotopic (exact) mass is 487 g/mol. The van der Waals surface area contributed by atoms with Crippen LogP contribution in [0.2, 0.25) is 0 Å². The second-order valence-electron chi connectivity index (χ2n) is 7.76. The smallest absolute Gasteiger partial charge is 0.407 e. The predicted octanol–water partition coefficient (Wildman–Crippen LogP) is 5.49. The van der Waals surface area contributed by atoms with Crippen molar-refractivity contribution < 1.29 is 37.7 Å². The first-order valence-corrected chi connectivity index (χ1v) is 10.8. The molecule has 0 spiro atoms. The number of carbonyl (C=O) groups is 2. The summed E-state index contributed by atoms with van der Waals surface area (Å²) in [5, 5.41) is 18.3. The molecule has 0 radical (unpaired) electrons. The largest absolute Gasteiger partial charge is 0.487 e. The minimum absolute atomic E-state index is 0.0742. The number of halogens is 3. The number of carboxylic acid groups (broad SMARTS) is 2. The summed E-state index contributed by atoms with van der Waals surface area (Å²) in [7, 11) is 0. The zero-order valence-corrected chi connectivity index (χ0v) is 18.7. The van der Waals surface area contributed by atoms with Crippen LogP contribution in [0.1, 0.15) is 16.7 Å². The van der Waals surface area contributed by atoms with Gasteiger partial charge in [0.05, 0.1) is 6.42 Å². The highest BCUT2D eigenvalue weighted by Gasteiger charge is 2.26. The van der Waals surface area contributed by atoms with Crippen molar-refractivity contribution in [3.8, 4) is 16.9 Å². The van der Waals surface area contributed by atoms with Crippen molar-refractivity contribution in [1.82, 2.24) is 4.90 Å². The maximum atomic E-state index is 14.3. The van der Waals surface area contributed by atoms with E-state index in [2.05, 4.69) is 0 Å². The van der Waals surface area contributed by atoms with Gasteiger partial charge >= 0.3 is 12.1 Å². The van der Waals surface area contributed by atoms with Crippen LogP contribution in [0.3, 0.4) is 0 Å². The van der Waals surface area contributed by atoms with Gasteiger partial charge in [-0.25, -0.2) is 18.0 Å². The molecule has 1 aliphatic rings. The van der Waals surface area contributed by atoms with Crippen LogP contribution in [0.25, 0.3) is 11.1 Å². The number of alkyl halides is 2. The van der Waals surface area contributed by atoms with Crippen LogP contribution < -0.4 is 4.74 Å². The summed E-state index contributed by atoms with van der Waals surface area (Å²) in [5.41, 5.74) is 1.90. The summed E-state index contributed by atoms with van der Waals surface area (Å²) >= 11 is 0. The Morgan fingerprint density at radius 2 is 1.60 bits per heavy atom. The third kappa shape index (κ3) is 6.99. The summed E-state index contributed by atoms with van der Waals surface area (Å²) in [6, 6.07) is 19.0. The Morgan fingerprint density at radius 3 is 2.17 bits per heavy atom. The molecule has 0 saturated carbocycles. The molecule has 0 atom stereocenters. The molecule has 0 unspecified atom stereocenters. The van der Waals surface area contributed by atoms with Crippen molar-refractivity contribution in [2.75, 3.05) is 13.2 Å². The van der Waals surface area contributed by atoms with Crippen LogP contribution in [0.5, 0.6) is 5.75 Å². The Bertz CT molecular complexity index is 1140. The molecule has 0 aromatic heterocycles. The molecule has 1 heterocycles. The molecule has 0 bridgehead atoms.